The Hall–Kier alpha value is -3.00. The molecule has 2 aliphatic heterocycles. The first-order valence-corrected chi connectivity index (χ1v) is 10.1. The van der Waals surface area contributed by atoms with Gasteiger partial charge in [0.25, 0.3) is 0 Å². The van der Waals surface area contributed by atoms with Crippen LogP contribution >= 0.6 is 0 Å². The van der Waals surface area contributed by atoms with Crippen LogP contribution in [0.4, 0.5) is 5.82 Å². The Morgan fingerprint density at radius 3 is 2.66 bits per heavy atom. The molecule has 2 aliphatic rings. The van der Waals surface area contributed by atoms with Crippen LogP contribution in [0.1, 0.15) is 30.7 Å². The third-order valence-electron chi connectivity index (χ3n) is 5.74. The van der Waals surface area contributed by atoms with Gasteiger partial charge < -0.3 is 19.4 Å². The maximum atomic E-state index is 9.75. The van der Waals surface area contributed by atoms with Crippen LogP contribution < -0.4 is 4.90 Å². The maximum Gasteiger partial charge on any atom is 0.165 e. The highest BCUT2D eigenvalue weighted by Crippen LogP contribution is 2.31. The lowest BCUT2D eigenvalue weighted by atomic mass is 9.89. The van der Waals surface area contributed by atoms with Crippen molar-refractivity contribution in [3.8, 4) is 0 Å². The molecule has 0 aliphatic carbocycles. The highest BCUT2D eigenvalue weighted by Gasteiger charge is 2.35. The first-order chi connectivity index (χ1) is 14.3. The lowest BCUT2D eigenvalue weighted by Gasteiger charge is -2.27. The molecule has 1 saturated heterocycles. The normalized spacial score (nSPS) is 22.0. The van der Waals surface area contributed by atoms with Gasteiger partial charge in [0, 0.05) is 13.1 Å². The standard InChI is InChI=1S/C21H24N6O2/c28-12-17-18(15-7-3-1-4-8-15)16(25-29-17)11-27-14-24-19-20(22-13-23-21(19)27)26-9-5-2-6-10-26/h1,3-4,7-8,13-14,17-18,28H,2,5-6,9-12H2. The smallest absolute Gasteiger partial charge is 0.165 e. The summed E-state index contributed by atoms with van der Waals surface area (Å²) >= 11 is 0. The van der Waals surface area contributed by atoms with Crippen LogP contribution in [0.2, 0.25) is 0 Å². The molecule has 0 bridgehead atoms. The molecule has 5 rings (SSSR count). The summed E-state index contributed by atoms with van der Waals surface area (Å²) in [5.41, 5.74) is 3.55. The predicted molar refractivity (Wildman–Crippen MR) is 110 cm³/mol. The fourth-order valence-corrected chi connectivity index (χ4v) is 4.30. The van der Waals surface area contributed by atoms with Gasteiger partial charge in [-0.05, 0) is 24.8 Å². The molecular weight excluding hydrogens is 368 g/mol. The molecule has 29 heavy (non-hydrogen) atoms. The van der Waals surface area contributed by atoms with E-state index in [1.165, 1.54) is 19.3 Å². The summed E-state index contributed by atoms with van der Waals surface area (Å²) in [6.07, 6.45) is 6.67. The van der Waals surface area contributed by atoms with Crippen LogP contribution in [0.5, 0.6) is 0 Å². The van der Waals surface area contributed by atoms with Crippen molar-refractivity contribution in [3.63, 3.8) is 0 Å². The van der Waals surface area contributed by atoms with Crippen molar-refractivity contribution in [2.75, 3.05) is 24.6 Å². The first-order valence-electron chi connectivity index (χ1n) is 10.1. The zero-order chi connectivity index (χ0) is 19.6. The van der Waals surface area contributed by atoms with Crippen molar-refractivity contribution in [2.24, 2.45) is 5.16 Å². The SMILES string of the molecule is OCC1ON=C(Cn2cnc3c(N4CCCCC4)ncnc32)C1c1ccccc1. The fraction of sp³-hybridized carbons (Fsp3) is 0.429. The van der Waals surface area contributed by atoms with Gasteiger partial charge in [0.05, 0.1) is 31.1 Å². The van der Waals surface area contributed by atoms with Crippen molar-refractivity contribution in [3.05, 3.63) is 48.5 Å². The second-order valence-corrected chi connectivity index (χ2v) is 7.59. The summed E-state index contributed by atoms with van der Waals surface area (Å²) in [6, 6.07) is 10.0. The molecule has 2 aromatic heterocycles. The van der Waals surface area contributed by atoms with Crippen molar-refractivity contribution in [1.29, 1.82) is 0 Å². The van der Waals surface area contributed by atoms with Gasteiger partial charge >= 0.3 is 0 Å². The zero-order valence-electron chi connectivity index (χ0n) is 16.2. The second-order valence-electron chi connectivity index (χ2n) is 7.59. The Morgan fingerprint density at radius 2 is 1.86 bits per heavy atom. The van der Waals surface area contributed by atoms with E-state index < -0.39 is 0 Å². The lowest BCUT2D eigenvalue weighted by Crippen LogP contribution is -2.30. The van der Waals surface area contributed by atoms with E-state index in [0.29, 0.717) is 6.54 Å². The number of aliphatic hydroxyl groups excluding tert-OH is 1. The zero-order valence-corrected chi connectivity index (χ0v) is 16.2. The van der Waals surface area contributed by atoms with Gasteiger partial charge in [-0.3, -0.25) is 0 Å². The second kappa shape index (κ2) is 7.79. The average molecular weight is 392 g/mol. The number of rotatable bonds is 5. The number of hydrogen-bond acceptors (Lipinski definition) is 7. The van der Waals surface area contributed by atoms with E-state index in [1.807, 2.05) is 34.9 Å². The summed E-state index contributed by atoms with van der Waals surface area (Å²) in [4.78, 5) is 21.5. The number of imidazole rings is 1. The molecular formula is C21H24N6O2. The minimum absolute atomic E-state index is 0.0848. The number of fused-ring (bicyclic) bond motifs is 1. The molecule has 0 radical (unpaired) electrons. The fourth-order valence-electron chi connectivity index (χ4n) is 4.30. The summed E-state index contributed by atoms with van der Waals surface area (Å²) in [6.45, 7) is 2.43. The number of hydrogen-bond donors (Lipinski definition) is 1. The largest absolute Gasteiger partial charge is 0.392 e. The van der Waals surface area contributed by atoms with Crippen LogP contribution in [-0.2, 0) is 11.4 Å². The van der Waals surface area contributed by atoms with Crippen molar-refractivity contribution < 1.29 is 9.94 Å². The molecule has 8 heteroatoms. The molecule has 1 aromatic carbocycles. The van der Waals surface area contributed by atoms with E-state index in [-0.39, 0.29) is 18.6 Å². The van der Waals surface area contributed by atoms with Crippen LogP contribution in [0.3, 0.4) is 0 Å². The van der Waals surface area contributed by atoms with Gasteiger partial charge in [0.1, 0.15) is 6.33 Å². The first kappa shape index (κ1) is 18.1. The molecule has 2 atom stereocenters. The summed E-state index contributed by atoms with van der Waals surface area (Å²) in [5.74, 6) is 0.813. The van der Waals surface area contributed by atoms with Crippen molar-refractivity contribution >= 4 is 22.7 Å². The number of aliphatic hydroxyl groups is 1. The van der Waals surface area contributed by atoms with E-state index in [4.69, 9.17) is 4.84 Å². The van der Waals surface area contributed by atoms with E-state index in [9.17, 15) is 5.11 Å². The summed E-state index contributed by atoms with van der Waals surface area (Å²) in [5, 5.41) is 14.0. The van der Waals surface area contributed by atoms with Crippen LogP contribution in [0, 0.1) is 0 Å². The predicted octanol–water partition coefficient (Wildman–Crippen LogP) is 2.35. The van der Waals surface area contributed by atoms with E-state index in [1.54, 1.807) is 12.7 Å². The number of aromatic nitrogens is 4. The molecule has 150 valence electrons. The molecule has 1 fully saturated rings. The van der Waals surface area contributed by atoms with Gasteiger partial charge in [0.15, 0.2) is 23.1 Å². The monoisotopic (exact) mass is 392 g/mol. The summed E-state index contributed by atoms with van der Waals surface area (Å²) in [7, 11) is 0. The highest BCUT2D eigenvalue weighted by molar-refractivity contribution is 5.93. The van der Waals surface area contributed by atoms with Gasteiger partial charge in [-0.15, -0.1) is 0 Å². The van der Waals surface area contributed by atoms with Gasteiger partial charge in [-0.2, -0.15) is 0 Å². The van der Waals surface area contributed by atoms with Gasteiger partial charge in [-0.25, -0.2) is 15.0 Å². The van der Waals surface area contributed by atoms with Crippen molar-refractivity contribution in [2.45, 2.75) is 37.8 Å². The lowest BCUT2D eigenvalue weighted by molar-refractivity contribution is 0.0307. The third kappa shape index (κ3) is 3.33. The molecule has 4 heterocycles. The molecule has 0 spiro atoms. The maximum absolute atomic E-state index is 9.75. The minimum Gasteiger partial charge on any atom is -0.392 e. The van der Waals surface area contributed by atoms with Crippen LogP contribution in [0.15, 0.2) is 48.1 Å². The van der Waals surface area contributed by atoms with Crippen LogP contribution in [0.25, 0.3) is 11.2 Å². The van der Waals surface area contributed by atoms with Gasteiger partial charge in [-0.1, -0.05) is 35.5 Å². The molecule has 8 nitrogen and oxygen atoms in total. The average Bonchev–Trinajstić information content (AvgIpc) is 3.39. The van der Waals surface area contributed by atoms with Gasteiger partial charge in [0.2, 0.25) is 0 Å². The Balaban J connectivity index is 1.46. The van der Waals surface area contributed by atoms with Crippen molar-refractivity contribution in [1.82, 2.24) is 19.5 Å². The quantitative estimate of drug-likeness (QED) is 0.717. The molecule has 0 saturated carbocycles. The Morgan fingerprint density at radius 1 is 1.03 bits per heavy atom. The number of piperidine rings is 1. The topological polar surface area (TPSA) is 88.7 Å². The third-order valence-corrected chi connectivity index (χ3v) is 5.74. The Labute approximate surface area is 168 Å². The number of oxime groups is 1. The Kier molecular flexibility index (Phi) is 4.85. The molecule has 2 unspecified atom stereocenters. The van der Waals surface area contributed by atoms with E-state index >= 15 is 0 Å². The minimum atomic E-state index is -0.374. The Bertz CT molecular complexity index is 1010. The number of benzene rings is 1. The van der Waals surface area contributed by atoms with E-state index in [2.05, 4.69) is 25.0 Å². The highest BCUT2D eigenvalue weighted by atomic mass is 16.6. The number of nitrogens with zero attached hydrogens (tertiary/aromatic N) is 6. The molecule has 0 amide bonds. The number of anilines is 1. The molecule has 1 N–H and O–H groups in total. The van der Waals surface area contributed by atoms with E-state index in [0.717, 1.165) is 41.3 Å². The molecule has 3 aromatic rings. The summed E-state index contributed by atoms with van der Waals surface area (Å²) < 4.78 is 1.99. The van der Waals surface area contributed by atoms with Crippen LogP contribution in [-0.4, -0.2) is 56.1 Å².